The van der Waals surface area contributed by atoms with Crippen molar-refractivity contribution in [2.24, 2.45) is 0 Å². The standard InChI is InChI=1S/C12H12N2O2/c1-9-11(12(15)16)8-14(13-9)7-10-5-3-2-4-6-10/h2-6,8H,7H2,1H3,(H,15,16). The molecule has 1 N–H and O–H groups in total. The maximum atomic E-state index is 10.8. The predicted molar refractivity (Wildman–Crippen MR) is 59.5 cm³/mol. The van der Waals surface area contributed by atoms with E-state index in [-0.39, 0.29) is 5.56 Å². The predicted octanol–water partition coefficient (Wildman–Crippen LogP) is 1.94. The minimum atomic E-state index is -0.934. The summed E-state index contributed by atoms with van der Waals surface area (Å²) in [5.74, 6) is -0.934. The van der Waals surface area contributed by atoms with E-state index in [4.69, 9.17) is 5.11 Å². The van der Waals surface area contributed by atoms with E-state index in [1.165, 1.54) is 0 Å². The highest BCUT2D eigenvalue weighted by Gasteiger charge is 2.11. The molecule has 1 heterocycles. The summed E-state index contributed by atoms with van der Waals surface area (Å²) in [6, 6.07) is 9.81. The van der Waals surface area contributed by atoms with Crippen LogP contribution in [0, 0.1) is 6.92 Å². The molecular formula is C12H12N2O2. The molecule has 0 unspecified atom stereocenters. The Balaban J connectivity index is 2.23. The van der Waals surface area contributed by atoms with Gasteiger partial charge >= 0.3 is 5.97 Å². The van der Waals surface area contributed by atoms with Crippen molar-refractivity contribution in [3.63, 3.8) is 0 Å². The Hall–Kier alpha value is -2.10. The first-order chi connectivity index (χ1) is 7.66. The molecule has 0 bridgehead atoms. The molecule has 0 aliphatic carbocycles. The highest BCUT2D eigenvalue weighted by Crippen LogP contribution is 2.08. The van der Waals surface area contributed by atoms with Gasteiger partial charge in [0.2, 0.25) is 0 Å². The van der Waals surface area contributed by atoms with Gasteiger partial charge in [0.05, 0.1) is 12.2 Å². The second kappa shape index (κ2) is 4.18. The van der Waals surface area contributed by atoms with Gasteiger partial charge in [-0.2, -0.15) is 5.10 Å². The van der Waals surface area contributed by atoms with E-state index in [0.29, 0.717) is 12.2 Å². The summed E-state index contributed by atoms with van der Waals surface area (Å²) in [5.41, 5.74) is 1.90. The molecule has 2 rings (SSSR count). The number of benzene rings is 1. The lowest BCUT2D eigenvalue weighted by Crippen LogP contribution is -2.00. The third kappa shape index (κ3) is 2.11. The molecule has 0 spiro atoms. The monoisotopic (exact) mass is 216 g/mol. The maximum absolute atomic E-state index is 10.8. The Kier molecular flexibility index (Phi) is 2.72. The first-order valence-electron chi connectivity index (χ1n) is 4.98. The van der Waals surface area contributed by atoms with E-state index in [1.807, 2.05) is 30.3 Å². The number of carbonyl (C=O) groups is 1. The summed E-state index contributed by atoms with van der Waals surface area (Å²) in [6.07, 6.45) is 1.56. The Morgan fingerprint density at radius 2 is 2.06 bits per heavy atom. The summed E-state index contributed by atoms with van der Waals surface area (Å²) in [6.45, 7) is 2.29. The van der Waals surface area contributed by atoms with E-state index in [2.05, 4.69) is 5.10 Å². The average molecular weight is 216 g/mol. The third-order valence-corrected chi connectivity index (χ3v) is 2.36. The Labute approximate surface area is 93.1 Å². The van der Waals surface area contributed by atoms with E-state index in [0.717, 1.165) is 5.56 Å². The van der Waals surface area contributed by atoms with Crippen LogP contribution in [0.1, 0.15) is 21.6 Å². The summed E-state index contributed by atoms with van der Waals surface area (Å²) in [5, 5.41) is 13.1. The summed E-state index contributed by atoms with van der Waals surface area (Å²) >= 11 is 0. The van der Waals surface area contributed by atoms with Gasteiger partial charge in [0.25, 0.3) is 0 Å². The van der Waals surface area contributed by atoms with Crippen molar-refractivity contribution in [2.75, 3.05) is 0 Å². The van der Waals surface area contributed by atoms with Crippen LogP contribution in [0.4, 0.5) is 0 Å². The zero-order valence-electron chi connectivity index (χ0n) is 8.92. The van der Waals surface area contributed by atoms with Crippen LogP contribution in [0.3, 0.4) is 0 Å². The molecule has 1 aromatic heterocycles. The first-order valence-corrected chi connectivity index (χ1v) is 4.98. The fraction of sp³-hybridized carbons (Fsp3) is 0.167. The highest BCUT2D eigenvalue weighted by atomic mass is 16.4. The lowest BCUT2D eigenvalue weighted by Gasteiger charge is -2.00. The van der Waals surface area contributed by atoms with E-state index in [1.54, 1.807) is 17.8 Å². The maximum Gasteiger partial charge on any atom is 0.339 e. The molecule has 0 fully saturated rings. The van der Waals surface area contributed by atoms with Gasteiger partial charge in [0.15, 0.2) is 0 Å². The second-order valence-electron chi connectivity index (χ2n) is 3.62. The van der Waals surface area contributed by atoms with Crippen molar-refractivity contribution in [2.45, 2.75) is 13.5 Å². The smallest absolute Gasteiger partial charge is 0.339 e. The van der Waals surface area contributed by atoms with Gasteiger partial charge in [-0.25, -0.2) is 4.79 Å². The van der Waals surface area contributed by atoms with Crippen LogP contribution in [-0.2, 0) is 6.54 Å². The molecule has 0 saturated heterocycles. The van der Waals surface area contributed by atoms with Crippen molar-refractivity contribution in [3.8, 4) is 0 Å². The molecule has 0 atom stereocenters. The lowest BCUT2D eigenvalue weighted by molar-refractivity contribution is 0.0696. The van der Waals surface area contributed by atoms with Crippen LogP contribution in [0.2, 0.25) is 0 Å². The number of aromatic nitrogens is 2. The number of carboxylic acids is 1. The fourth-order valence-electron chi connectivity index (χ4n) is 1.58. The molecule has 16 heavy (non-hydrogen) atoms. The van der Waals surface area contributed by atoms with Crippen molar-refractivity contribution in [1.29, 1.82) is 0 Å². The second-order valence-corrected chi connectivity index (χ2v) is 3.62. The summed E-state index contributed by atoms with van der Waals surface area (Å²) < 4.78 is 1.65. The normalized spacial score (nSPS) is 10.3. The van der Waals surface area contributed by atoms with Gasteiger partial charge in [-0.05, 0) is 12.5 Å². The number of aryl methyl sites for hydroxylation is 1. The quantitative estimate of drug-likeness (QED) is 0.853. The van der Waals surface area contributed by atoms with E-state index in [9.17, 15) is 4.79 Å². The number of nitrogens with zero attached hydrogens (tertiary/aromatic N) is 2. The molecule has 4 heteroatoms. The van der Waals surface area contributed by atoms with Crippen LogP contribution in [0.25, 0.3) is 0 Å². The van der Waals surface area contributed by atoms with E-state index < -0.39 is 5.97 Å². The zero-order valence-corrected chi connectivity index (χ0v) is 8.92. The molecule has 0 aliphatic heterocycles. The number of carboxylic acid groups (broad SMARTS) is 1. The van der Waals surface area contributed by atoms with Crippen molar-refractivity contribution in [1.82, 2.24) is 9.78 Å². The molecule has 0 radical (unpaired) electrons. The Morgan fingerprint density at radius 1 is 1.38 bits per heavy atom. The minimum absolute atomic E-state index is 0.260. The number of rotatable bonds is 3. The zero-order chi connectivity index (χ0) is 11.5. The Bertz CT molecular complexity index is 503. The van der Waals surface area contributed by atoms with Gasteiger partial charge in [-0.1, -0.05) is 30.3 Å². The fourth-order valence-corrected chi connectivity index (χ4v) is 1.58. The Morgan fingerprint density at radius 3 is 2.62 bits per heavy atom. The summed E-state index contributed by atoms with van der Waals surface area (Å²) in [7, 11) is 0. The van der Waals surface area contributed by atoms with Gasteiger partial charge in [-0.15, -0.1) is 0 Å². The highest BCUT2D eigenvalue weighted by molar-refractivity contribution is 5.88. The van der Waals surface area contributed by atoms with Crippen LogP contribution < -0.4 is 0 Å². The van der Waals surface area contributed by atoms with Crippen molar-refractivity contribution in [3.05, 3.63) is 53.3 Å². The molecule has 82 valence electrons. The molecule has 0 saturated carbocycles. The number of hydrogen-bond donors (Lipinski definition) is 1. The van der Waals surface area contributed by atoms with Gasteiger partial charge < -0.3 is 5.11 Å². The number of aromatic carboxylic acids is 1. The van der Waals surface area contributed by atoms with Gasteiger partial charge in [0, 0.05) is 6.20 Å². The molecule has 1 aromatic carbocycles. The van der Waals surface area contributed by atoms with Crippen molar-refractivity contribution >= 4 is 5.97 Å². The SMILES string of the molecule is Cc1nn(Cc2ccccc2)cc1C(=O)O. The lowest BCUT2D eigenvalue weighted by atomic mass is 10.2. The molecule has 0 aliphatic rings. The third-order valence-electron chi connectivity index (χ3n) is 2.36. The largest absolute Gasteiger partial charge is 0.478 e. The average Bonchev–Trinajstić information content (AvgIpc) is 2.61. The molecule has 0 amide bonds. The van der Waals surface area contributed by atoms with Crippen LogP contribution in [0.15, 0.2) is 36.5 Å². The van der Waals surface area contributed by atoms with Crippen LogP contribution >= 0.6 is 0 Å². The van der Waals surface area contributed by atoms with Crippen molar-refractivity contribution < 1.29 is 9.90 Å². The minimum Gasteiger partial charge on any atom is -0.478 e. The van der Waals surface area contributed by atoms with Gasteiger partial charge in [0.1, 0.15) is 5.56 Å². The molecule has 4 nitrogen and oxygen atoms in total. The number of hydrogen-bond acceptors (Lipinski definition) is 2. The first kappa shape index (κ1) is 10.4. The van der Waals surface area contributed by atoms with Crippen LogP contribution in [0.5, 0.6) is 0 Å². The van der Waals surface area contributed by atoms with Gasteiger partial charge in [-0.3, -0.25) is 4.68 Å². The topological polar surface area (TPSA) is 55.1 Å². The summed E-state index contributed by atoms with van der Waals surface area (Å²) in [4.78, 5) is 10.8. The molecule has 2 aromatic rings. The van der Waals surface area contributed by atoms with E-state index >= 15 is 0 Å². The van der Waals surface area contributed by atoms with Crippen LogP contribution in [-0.4, -0.2) is 20.9 Å². The molecular weight excluding hydrogens is 204 g/mol.